The lowest BCUT2D eigenvalue weighted by Gasteiger charge is -2.32. The molecule has 12 heavy (non-hydrogen) atoms. The summed E-state index contributed by atoms with van der Waals surface area (Å²) in [5, 5.41) is 4.41. The van der Waals surface area contributed by atoms with E-state index < -0.39 is 0 Å². The Morgan fingerprint density at radius 3 is 3.25 bits per heavy atom. The minimum absolute atomic E-state index is 0.0262. The van der Waals surface area contributed by atoms with Crippen LogP contribution < -0.4 is 11.2 Å². The van der Waals surface area contributed by atoms with Gasteiger partial charge < -0.3 is 5.32 Å². The van der Waals surface area contributed by atoms with Gasteiger partial charge >= 0.3 is 0 Å². The second-order valence-electron chi connectivity index (χ2n) is 2.84. The lowest BCUT2D eigenvalue weighted by Crippen LogP contribution is -2.62. The lowest BCUT2D eigenvalue weighted by atomic mass is 10.1. The summed E-state index contributed by atoms with van der Waals surface area (Å²) in [6, 6.07) is 0.204. The summed E-state index contributed by atoms with van der Waals surface area (Å²) in [5.41, 5.74) is 0. The molecule has 2 saturated heterocycles. The zero-order valence-corrected chi connectivity index (χ0v) is 7.95. The Bertz CT molecular complexity index is 245. The van der Waals surface area contributed by atoms with E-state index in [2.05, 4.69) is 5.32 Å². The highest BCUT2D eigenvalue weighted by Gasteiger charge is 2.41. The van der Waals surface area contributed by atoms with Gasteiger partial charge in [-0.05, 0) is 24.4 Å². The van der Waals surface area contributed by atoms with E-state index in [0.717, 1.165) is 17.2 Å². The maximum absolute atomic E-state index is 11.5. The molecule has 0 spiro atoms. The molecule has 1 amide bonds. The summed E-state index contributed by atoms with van der Waals surface area (Å²) >= 11 is 6.54. The van der Waals surface area contributed by atoms with Crippen LogP contribution in [0.25, 0.3) is 0 Å². The fourth-order valence-corrected chi connectivity index (χ4v) is 3.02. The Morgan fingerprint density at radius 2 is 2.50 bits per heavy atom. The van der Waals surface area contributed by atoms with E-state index in [9.17, 15) is 4.79 Å². The van der Waals surface area contributed by atoms with Gasteiger partial charge in [0.15, 0.2) is 5.11 Å². The molecule has 2 aliphatic heterocycles. The molecule has 2 heterocycles. The fraction of sp³-hybridized carbons (Fsp3) is 0.667. The minimum atomic E-state index is -0.0637. The number of thiocarbonyl (C=S) groups is 1. The zero-order valence-electron chi connectivity index (χ0n) is 6.32. The number of nitrogens with one attached hydrogen (secondary N) is 1. The number of carbonyl (C=O) groups excluding carboxylic acids is 1. The number of hydrazine groups is 1. The first-order valence-corrected chi connectivity index (χ1v) is 5.16. The van der Waals surface area contributed by atoms with Gasteiger partial charge in [0.2, 0.25) is 0 Å². The van der Waals surface area contributed by atoms with Gasteiger partial charge in [0.25, 0.3) is 5.91 Å². The summed E-state index contributed by atoms with van der Waals surface area (Å²) in [6.07, 6.45) is 0.995. The molecule has 0 aromatic heterocycles. The summed E-state index contributed by atoms with van der Waals surface area (Å²) in [4.78, 5) is 11.5. The molecule has 2 atom stereocenters. The predicted octanol–water partition coefficient (Wildman–Crippen LogP) is -0.549. The molecule has 66 valence electrons. The Hall–Kier alpha value is -0.330. The van der Waals surface area contributed by atoms with E-state index in [1.165, 1.54) is 0 Å². The van der Waals surface area contributed by atoms with Crippen LogP contribution in [-0.2, 0) is 4.79 Å². The number of carbonyl (C=O) groups is 1. The number of nitrogens with two attached hydrogens (primary N) is 1. The summed E-state index contributed by atoms with van der Waals surface area (Å²) in [6.45, 7) is 0. The molecule has 0 radical (unpaired) electrons. The number of rotatable bonds is 0. The number of nitrogens with zero attached hydrogens (tertiary/aromatic N) is 1. The van der Waals surface area contributed by atoms with Gasteiger partial charge in [0.05, 0.1) is 0 Å². The highest BCUT2D eigenvalue weighted by atomic mass is 32.2. The molecule has 2 fully saturated rings. The third kappa shape index (κ3) is 1.10. The van der Waals surface area contributed by atoms with Crippen LogP contribution in [0.1, 0.15) is 6.42 Å². The molecule has 0 saturated carbocycles. The minimum Gasteiger partial charge on any atom is -0.357 e. The maximum Gasteiger partial charge on any atom is 0.258 e. The van der Waals surface area contributed by atoms with E-state index in [1.54, 1.807) is 11.8 Å². The summed E-state index contributed by atoms with van der Waals surface area (Å²) < 4.78 is 0. The molecule has 2 rings (SSSR count). The molecular weight excluding hydrogens is 194 g/mol. The summed E-state index contributed by atoms with van der Waals surface area (Å²) in [7, 11) is 0. The molecule has 0 aromatic carbocycles. The first-order valence-electron chi connectivity index (χ1n) is 3.71. The Labute approximate surface area is 79.8 Å². The topological polar surface area (TPSA) is 58.4 Å². The molecule has 3 N–H and O–H groups in total. The average molecular weight is 203 g/mol. The van der Waals surface area contributed by atoms with Crippen LogP contribution in [-0.4, -0.2) is 33.1 Å². The second kappa shape index (κ2) is 2.86. The third-order valence-corrected chi connectivity index (χ3v) is 3.78. The van der Waals surface area contributed by atoms with Crippen molar-refractivity contribution < 1.29 is 4.79 Å². The molecule has 2 aliphatic rings. The number of hydrogen-bond acceptors (Lipinski definition) is 4. The van der Waals surface area contributed by atoms with Gasteiger partial charge in [0.1, 0.15) is 5.25 Å². The van der Waals surface area contributed by atoms with Crippen molar-refractivity contribution >= 4 is 35.0 Å². The first kappa shape index (κ1) is 8.28. The lowest BCUT2D eigenvalue weighted by molar-refractivity contribution is -0.128. The van der Waals surface area contributed by atoms with E-state index in [1.807, 2.05) is 0 Å². The number of amides is 1. The van der Waals surface area contributed by atoms with Gasteiger partial charge in [-0.25, -0.2) is 10.9 Å². The molecule has 0 aliphatic carbocycles. The Morgan fingerprint density at radius 1 is 1.75 bits per heavy atom. The van der Waals surface area contributed by atoms with Crippen LogP contribution >= 0.6 is 24.0 Å². The Kier molecular flexibility index (Phi) is 1.97. The van der Waals surface area contributed by atoms with Gasteiger partial charge in [-0.15, -0.1) is 11.8 Å². The van der Waals surface area contributed by atoms with E-state index >= 15 is 0 Å². The van der Waals surface area contributed by atoms with Crippen LogP contribution in [0.5, 0.6) is 0 Å². The predicted molar refractivity (Wildman–Crippen MR) is 51.4 cm³/mol. The Balaban J connectivity index is 2.21. The molecule has 0 aromatic rings. The van der Waals surface area contributed by atoms with Crippen LogP contribution in [0.3, 0.4) is 0 Å². The maximum atomic E-state index is 11.5. The second-order valence-corrected chi connectivity index (χ2v) is 4.48. The van der Waals surface area contributed by atoms with Crippen LogP contribution in [0.4, 0.5) is 0 Å². The molecule has 6 heteroatoms. The molecule has 4 nitrogen and oxygen atoms in total. The van der Waals surface area contributed by atoms with Gasteiger partial charge in [-0.3, -0.25) is 4.79 Å². The van der Waals surface area contributed by atoms with Crippen molar-refractivity contribution in [3.63, 3.8) is 0 Å². The van der Waals surface area contributed by atoms with Crippen molar-refractivity contribution in [2.24, 2.45) is 5.84 Å². The van der Waals surface area contributed by atoms with Gasteiger partial charge in [-0.2, -0.15) is 0 Å². The fourth-order valence-electron chi connectivity index (χ4n) is 1.45. The van der Waals surface area contributed by atoms with Crippen molar-refractivity contribution in [2.45, 2.75) is 17.7 Å². The number of fused-ring (bicyclic) bond motifs is 1. The van der Waals surface area contributed by atoms with Crippen LogP contribution in [0.15, 0.2) is 0 Å². The SMILES string of the molecule is NN1C(=O)C2SCCC2NC1=S. The smallest absolute Gasteiger partial charge is 0.258 e. The van der Waals surface area contributed by atoms with E-state index in [4.69, 9.17) is 18.1 Å². The summed E-state index contributed by atoms with van der Waals surface area (Å²) in [5.74, 6) is 6.39. The van der Waals surface area contributed by atoms with Gasteiger partial charge in [-0.1, -0.05) is 0 Å². The third-order valence-electron chi connectivity index (χ3n) is 2.10. The van der Waals surface area contributed by atoms with Gasteiger partial charge in [0, 0.05) is 6.04 Å². The quantitative estimate of drug-likeness (QED) is 0.314. The monoisotopic (exact) mass is 203 g/mol. The highest BCUT2D eigenvalue weighted by molar-refractivity contribution is 8.01. The van der Waals surface area contributed by atoms with E-state index in [-0.39, 0.29) is 17.2 Å². The molecular formula is C6H9N3OS2. The van der Waals surface area contributed by atoms with E-state index in [0.29, 0.717) is 5.11 Å². The van der Waals surface area contributed by atoms with Crippen molar-refractivity contribution in [3.8, 4) is 0 Å². The zero-order chi connectivity index (χ0) is 8.72. The van der Waals surface area contributed by atoms with Crippen molar-refractivity contribution in [2.75, 3.05) is 5.75 Å². The standard InChI is InChI=1S/C6H9N3OS2/c7-9-5(10)4-3(1-2-12-4)8-6(9)11/h3-4H,1-2,7H2,(H,8,11). The average Bonchev–Trinajstić information content (AvgIpc) is 2.48. The normalized spacial score (nSPS) is 34.9. The van der Waals surface area contributed by atoms with Crippen LogP contribution in [0.2, 0.25) is 0 Å². The first-order chi connectivity index (χ1) is 5.70. The van der Waals surface area contributed by atoms with Crippen molar-refractivity contribution in [3.05, 3.63) is 0 Å². The molecule has 0 bridgehead atoms. The van der Waals surface area contributed by atoms with Crippen molar-refractivity contribution in [1.29, 1.82) is 0 Å². The largest absolute Gasteiger partial charge is 0.357 e. The number of thioether (sulfide) groups is 1. The highest BCUT2D eigenvalue weighted by Crippen LogP contribution is 2.30. The number of hydrogen-bond donors (Lipinski definition) is 2. The molecule has 2 unspecified atom stereocenters. The van der Waals surface area contributed by atoms with Crippen molar-refractivity contribution in [1.82, 2.24) is 10.3 Å². The van der Waals surface area contributed by atoms with Crippen LogP contribution in [0, 0.1) is 0 Å².